The highest BCUT2D eigenvalue weighted by Crippen LogP contribution is 2.45. The van der Waals surface area contributed by atoms with Crippen molar-refractivity contribution in [3.8, 4) is 17.2 Å². The summed E-state index contributed by atoms with van der Waals surface area (Å²) in [6.07, 6.45) is -0.366. The lowest BCUT2D eigenvalue weighted by Gasteiger charge is -2.29. The van der Waals surface area contributed by atoms with Crippen LogP contribution in [0.15, 0.2) is 33.5 Å². The number of methoxy groups -OCH3 is 2. The van der Waals surface area contributed by atoms with Gasteiger partial charge >= 0.3 is 5.63 Å². The van der Waals surface area contributed by atoms with Gasteiger partial charge in [0, 0.05) is 11.1 Å². The average molecular weight is 394 g/mol. The number of aryl methyl sites for hydroxylation is 2. The third-order valence-electron chi connectivity index (χ3n) is 5.58. The lowest BCUT2D eigenvalue weighted by Crippen LogP contribution is -2.22. The average Bonchev–Trinajstić information content (AvgIpc) is 2.70. The van der Waals surface area contributed by atoms with Crippen LogP contribution in [0.3, 0.4) is 0 Å². The summed E-state index contributed by atoms with van der Waals surface area (Å²) in [5.74, 6) is 1.69. The van der Waals surface area contributed by atoms with Gasteiger partial charge in [0.05, 0.1) is 31.6 Å². The molecule has 0 bridgehead atoms. The molecule has 1 aliphatic rings. The summed E-state index contributed by atoms with van der Waals surface area (Å²) in [5.41, 5.74) is 3.27. The molecule has 150 valence electrons. The minimum absolute atomic E-state index is 0.0243. The summed E-state index contributed by atoms with van der Waals surface area (Å²) in [5, 5.41) is 0.655. The highest BCUT2D eigenvalue weighted by atomic mass is 16.5. The molecule has 4 rings (SSSR count). The van der Waals surface area contributed by atoms with E-state index in [9.17, 15) is 9.59 Å². The molecule has 0 unspecified atom stereocenters. The normalized spacial score (nSPS) is 15.8. The van der Waals surface area contributed by atoms with Gasteiger partial charge in [-0.25, -0.2) is 4.79 Å². The summed E-state index contributed by atoms with van der Waals surface area (Å²) < 4.78 is 22.7. The van der Waals surface area contributed by atoms with Crippen LogP contribution in [0.4, 0.5) is 0 Å². The lowest BCUT2D eigenvalue weighted by molar-refractivity contribution is 0.0849. The van der Waals surface area contributed by atoms with E-state index in [1.165, 1.54) is 0 Å². The smallest absolute Gasteiger partial charge is 0.339 e. The number of ketones is 1. The second kappa shape index (κ2) is 6.95. The molecule has 29 heavy (non-hydrogen) atoms. The van der Waals surface area contributed by atoms with Crippen LogP contribution >= 0.6 is 0 Å². The molecule has 1 aliphatic heterocycles. The largest absolute Gasteiger partial charge is 0.497 e. The monoisotopic (exact) mass is 394 g/mol. The summed E-state index contributed by atoms with van der Waals surface area (Å²) in [6.45, 7) is 5.37. The molecule has 2 aromatic carbocycles. The van der Waals surface area contributed by atoms with Crippen molar-refractivity contribution in [1.82, 2.24) is 0 Å². The molecule has 0 saturated heterocycles. The van der Waals surface area contributed by atoms with E-state index in [1.807, 2.05) is 19.9 Å². The molecule has 6 nitrogen and oxygen atoms in total. The van der Waals surface area contributed by atoms with Crippen LogP contribution < -0.4 is 19.8 Å². The number of carbonyl (C=O) groups excluding carboxylic acids is 1. The fourth-order valence-corrected chi connectivity index (χ4v) is 3.89. The van der Waals surface area contributed by atoms with Crippen molar-refractivity contribution in [1.29, 1.82) is 0 Å². The Morgan fingerprint density at radius 3 is 2.45 bits per heavy atom. The zero-order valence-electron chi connectivity index (χ0n) is 17.0. The number of rotatable bonds is 3. The van der Waals surface area contributed by atoms with Crippen LogP contribution in [0.1, 0.15) is 45.1 Å². The molecule has 0 saturated carbocycles. The molecule has 0 fully saturated rings. The SMILES string of the molecule is COc1ccc(OC)c([C@@H]2CC(=O)c3c(C)cc4oc(=O)c(C)c(C)c4c3O2)c1. The first-order chi connectivity index (χ1) is 13.8. The fourth-order valence-electron chi connectivity index (χ4n) is 3.89. The van der Waals surface area contributed by atoms with Crippen LogP contribution in [0.2, 0.25) is 0 Å². The van der Waals surface area contributed by atoms with Crippen molar-refractivity contribution in [3.63, 3.8) is 0 Å². The zero-order valence-corrected chi connectivity index (χ0v) is 17.0. The highest BCUT2D eigenvalue weighted by Gasteiger charge is 2.33. The van der Waals surface area contributed by atoms with Gasteiger partial charge in [0.25, 0.3) is 0 Å². The predicted octanol–water partition coefficient (Wildman–Crippen LogP) is 4.44. The number of Topliss-reactive ketones (excluding diaryl/α,β-unsaturated/α-hetero) is 1. The van der Waals surface area contributed by atoms with E-state index in [1.54, 1.807) is 39.3 Å². The van der Waals surface area contributed by atoms with Gasteiger partial charge in [-0.15, -0.1) is 0 Å². The number of hydrogen-bond acceptors (Lipinski definition) is 6. The van der Waals surface area contributed by atoms with Crippen molar-refractivity contribution >= 4 is 16.8 Å². The Balaban J connectivity index is 1.96. The molecule has 0 spiro atoms. The van der Waals surface area contributed by atoms with Crippen LogP contribution in [0.5, 0.6) is 17.2 Å². The van der Waals surface area contributed by atoms with Gasteiger partial charge in [-0.1, -0.05) is 0 Å². The number of carbonyl (C=O) groups is 1. The molecule has 3 aromatic rings. The maximum atomic E-state index is 13.1. The van der Waals surface area contributed by atoms with Gasteiger partial charge in [0.15, 0.2) is 5.78 Å². The van der Waals surface area contributed by atoms with Crippen molar-refractivity contribution in [2.24, 2.45) is 0 Å². The summed E-state index contributed by atoms with van der Waals surface area (Å²) >= 11 is 0. The Morgan fingerprint density at radius 1 is 1.00 bits per heavy atom. The summed E-state index contributed by atoms with van der Waals surface area (Å²) in [6, 6.07) is 7.14. The van der Waals surface area contributed by atoms with Gasteiger partial charge in [0.2, 0.25) is 0 Å². The summed E-state index contributed by atoms with van der Waals surface area (Å²) in [7, 11) is 3.16. The van der Waals surface area contributed by atoms with Crippen LogP contribution in [0, 0.1) is 20.8 Å². The van der Waals surface area contributed by atoms with Gasteiger partial charge in [0.1, 0.15) is 28.9 Å². The Hall–Kier alpha value is -3.28. The Labute approximate surface area is 168 Å². The first-order valence-corrected chi connectivity index (χ1v) is 9.35. The van der Waals surface area contributed by atoms with E-state index in [0.717, 1.165) is 16.7 Å². The van der Waals surface area contributed by atoms with Crippen molar-refractivity contribution in [2.75, 3.05) is 14.2 Å². The number of ether oxygens (including phenoxy) is 3. The Kier molecular flexibility index (Phi) is 4.57. The maximum absolute atomic E-state index is 13.1. The number of benzene rings is 2. The molecule has 1 aromatic heterocycles. The van der Waals surface area contributed by atoms with Crippen LogP contribution in [-0.4, -0.2) is 20.0 Å². The second-order valence-electron chi connectivity index (χ2n) is 7.25. The Morgan fingerprint density at radius 2 is 1.76 bits per heavy atom. The van der Waals surface area contributed by atoms with Gasteiger partial charge < -0.3 is 18.6 Å². The topological polar surface area (TPSA) is 75.0 Å². The van der Waals surface area contributed by atoms with Gasteiger partial charge in [-0.3, -0.25) is 4.79 Å². The lowest BCUT2D eigenvalue weighted by atomic mass is 9.90. The second-order valence-corrected chi connectivity index (χ2v) is 7.25. The number of hydrogen-bond donors (Lipinski definition) is 0. The Bertz CT molecular complexity index is 1200. The van der Waals surface area contributed by atoms with E-state index >= 15 is 0 Å². The molecular weight excluding hydrogens is 372 g/mol. The predicted molar refractivity (Wildman–Crippen MR) is 109 cm³/mol. The molecule has 1 atom stereocenters. The third kappa shape index (κ3) is 2.95. The molecule has 0 aliphatic carbocycles. The first kappa shape index (κ1) is 19.1. The standard InChI is InChI=1S/C23H22O6/c1-11-8-19-21(12(2)13(3)23(25)29-19)22-20(11)16(24)10-18(28-22)15-9-14(26-4)6-7-17(15)27-5/h6-9,18H,10H2,1-5H3/t18-/m0/s1. The van der Waals surface area contributed by atoms with E-state index < -0.39 is 6.10 Å². The van der Waals surface area contributed by atoms with E-state index in [4.69, 9.17) is 18.6 Å². The molecular formula is C23H22O6. The minimum Gasteiger partial charge on any atom is -0.497 e. The number of fused-ring (bicyclic) bond motifs is 3. The highest BCUT2D eigenvalue weighted by molar-refractivity contribution is 6.07. The van der Waals surface area contributed by atoms with E-state index in [2.05, 4.69) is 0 Å². The van der Waals surface area contributed by atoms with E-state index in [-0.39, 0.29) is 17.8 Å². The van der Waals surface area contributed by atoms with Crippen LogP contribution in [-0.2, 0) is 0 Å². The summed E-state index contributed by atoms with van der Waals surface area (Å²) in [4.78, 5) is 25.2. The van der Waals surface area contributed by atoms with Crippen LogP contribution in [0.25, 0.3) is 11.0 Å². The van der Waals surface area contributed by atoms with Crippen molar-refractivity contribution in [3.05, 3.63) is 62.5 Å². The zero-order chi connectivity index (χ0) is 20.9. The van der Waals surface area contributed by atoms with Crippen molar-refractivity contribution < 1.29 is 23.4 Å². The van der Waals surface area contributed by atoms with Crippen molar-refractivity contribution in [2.45, 2.75) is 33.3 Å². The third-order valence-corrected chi connectivity index (χ3v) is 5.58. The molecule has 0 N–H and O–H groups in total. The molecule has 0 amide bonds. The maximum Gasteiger partial charge on any atom is 0.339 e. The molecule has 6 heteroatoms. The molecule has 0 radical (unpaired) electrons. The fraction of sp³-hybridized carbons (Fsp3) is 0.304. The van der Waals surface area contributed by atoms with Gasteiger partial charge in [-0.2, -0.15) is 0 Å². The quantitative estimate of drug-likeness (QED) is 0.611. The van der Waals surface area contributed by atoms with E-state index in [0.29, 0.717) is 39.3 Å². The minimum atomic E-state index is -0.545. The molecule has 2 heterocycles. The first-order valence-electron chi connectivity index (χ1n) is 9.35. The van der Waals surface area contributed by atoms with Gasteiger partial charge in [-0.05, 0) is 56.2 Å².